The Morgan fingerprint density at radius 3 is 2.71 bits per heavy atom. The van der Waals surface area contributed by atoms with E-state index in [0.29, 0.717) is 10.7 Å². The summed E-state index contributed by atoms with van der Waals surface area (Å²) >= 11 is 6.06. The van der Waals surface area contributed by atoms with E-state index in [-0.39, 0.29) is 11.6 Å². The summed E-state index contributed by atoms with van der Waals surface area (Å²) in [4.78, 5) is 40.6. The molecule has 0 atom stereocenters. The Labute approximate surface area is 165 Å². The quantitative estimate of drug-likeness (QED) is 0.618. The van der Waals surface area contributed by atoms with E-state index in [1.54, 1.807) is 32.0 Å². The van der Waals surface area contributed by atoms with Crippen LogP contribution < -0.4 is 15.0 Å². The van der Waals surface area contributed by atoms with Crippen LogP contribution in [0.3, 0.4) is 0 Å². The molecule has 1 aromatic carbocycles. The van der Waals surface area contributed by atoms with E-state index >= 15 is 0 Å². The number of ether oxygens (including phenoxy) is 1. The number of nitro groups is 1. The SMILES string of the molecule is Cc1ccc(NC(=O)CN2C(=O)C(C)(C)Oc3ccc([N+](=O)[O-])nc32)cc1Cl. The summed E-state index contributed by atoms with van der Waals surface area (Å²) in [5, 5.41) is 14.2. The topological polar surface area (TPSA) is 115 Å². The highest BCUT2D eigenvalue weighted by Crippen LogP contribution is 2.37. The zero-order chi connectivity index (χ0) is 20.6. The van der Waals surface area contributed by atoms with Crippen molar-refractivity contribution in [2.75, 3.05) is 16.8 Å². The highest BCUT2D eigenvalue weighted by atomic mass is 35.5. The minimum absolute atomic E-state index is 0.0735. The number of amides is 2. The molecule has 28 heavy (non-hydrogen) atoms. The molecule has 0 saturated heterocycles. The second-order valence-corrected chi connectivity index (χ2v) is 7.17. The second-order valence-electron chi connectivity index (χ2n) is 6.76. The molecule has 1 aromatic heterocycles. The van der Waals surface area contributed by atoms with Crippen LogP contribution in [-0.4, -0.2) is 33.9 Å². The number of halogens is 1. The van der Waals surface area contributed by atoms with Gasteiger partial charge in [-0.2, -0.15) is 0 Å². The molecule has 0 fully saturated rings. The number of hydrogen-bond donors (Lipinski definition) is 1. The molecule has 0 saturated carbocycles. The summed E-state index contributed by atoms with van der Waals surface area (Å²) in [7, 11) is 0. The summed E-state index contributed by atoms with van der Waals surface area (Å²) in [5.41, 5.74) is 0.0705. The normalized spacial score (nSPS) is 14.9. The van der Waals surface area contributed by atoms with Crippen molar-refractivity contribution in [2.45, 2.75) is 26.4 Å². The Balaban J connectivity index is 1.90. The fourth-order valence-electron chi connectivity index (χ4n) is 2.70. The number of carbonyl (C=O) groups is 2. The average Bonchev–Trinajstić information content (AvgIpc) is 2.61. The molecule has 2 amide bonds. The number of fused-ring (bicyclic) bond motifs is 1. The first kappa shape index (κ1) is 19.6. The molecule has 0 radical (unpaired) electrons. The third-order valence-corrected chi connectivity index (χ3v) is 4.56. The van der Waals surface area contributed by atoms with Crippen LogP contribution in [0.1, 0.15) is 19.4 Å². The molecule has 0 unspecified atom stereocenters. The van der Waals surface area contributed by atoms with E-state index in [9.17, 15) is 19.7 Å². The van der Waals surface area contributed by atoms with E-state index in [1.807, 2.05) is 6.92 Å². The van der Waals surface area contributed by atoms with E-state index in [2.05, 4.69) is 10.3 Å². The zero-order valence-corrected chi connectivity index (χ0v) is 16.1. The minimum atomic E-state index is -1.25. The molecule has 1 aliphatic heterocycles. The van der Waals surface area contributed by atoms with Gasteiger partial charge >= 0.3 is 5.82 Å². The van der Waals surface area contributed by atoms with Gasteiger partial charge in [0.05, 0.1) is 0 Å². The Bertz CT molecular complexity index is 992. The van der Waals surface area contributed by atoms with Gasteiger partial charge in [-0.1, -0.05) is 17.7 Å². The van der Waals surface area contributed by atoms with Crippen molar-refractivity contribution >= 4 is 40.7 Å². The Morgan fingerprint density at radius 2 is 2.07 bits per heavy atom. The maximum atomic E-state index is 12.8. The number of pyridine rings is 1. The monoisotopic (exact) mass is 404 g/mol. The van der Waals surface area contributed by atoms with Crippen LogP contribution in [0.15, 0.2) is 30.3 Å². The molecule has 9 nitrogen and oxygen atoms in total. The summed E-state index contributed by atoms with van der Waals surface area (Å²) in [5.74, 6) is -1.39. The van der Waals surface area contributed by atoms with Crippen LogP contribution in [0.5, 0.6) is 5.75 Å². The van der Waals surface area contributed by atoms with Crippen LogP contribution >= 0.6 is 11.6 Å². The Kier molecular flexibility index (Phi) is 4.95. The number of carbonyl (C=O) groups excluding carboxylic acids is 2. The molecule has 0 bridgehead atoms. The van der Waals surface area contributed by atoms with E-state index < -0.39 is 34.7 Å². The van der Waals surface area contributed by atoms with Gasteiger partial charge in [-0.05, 0) is 54.4 Å². The largest absolute Gasteiger partial charge is 0.472 e. The Hall–Kier alpha value is -3.20. The third kappa shape index (κ3) is 3.74. The third-order valence-electron chi connectivity index (χ3n) is 4.15. The first-order chi connectivity index (χ1) is 13.1. The summed E-state index contributed by atoms with van der Waals surface area (Å²) in [6.45, 7) is 4.53. The fraction of sp³-hybridized carbons (Fsp3) is 0.278. The Morgan fingerprint density at radius 1 is 1.36 bits per heavy atom. The van der Waals surface area contributed by atoms with Gasteiger partial charge < -0.3 is 20.2 Å². The first-order valence-electron chi connectivity index (χ1n) is 8.31. The molecule has 2 heterocycles. The highest BCUT2D eigenvalue weighted by Gasteiger charge is 2.45. The smallest absolute Gasteiger partial charge is 0.366 e. The molecule has 0 spiro atoms. The van der Waals surface area contributed by atoms with Crippen LogP contribution in [0.4, 0.5) is 17.3 Å². The lowest BCUT2D eigenvalue weighted by atomic mass is 10.1. The second kappa shape index (κ2) is 7.08. The van der Waals surface area contributed by atoms with Crippen LogP contribution in [0.2, 0.25) is 5.02 Å². The fourth-order valence-corrected chi connectivity index (χ4v) is 2.88. The predicted octanol–water partition coefficient (Wildman–Crippen LogP) is 3.09. The van der Waals surface area contributed by atoms with Crippen LogP contribution in [-0.2, 0) is 9.59 Å². The molecule has 0 aliphatic carbocycles. The number of nitrogens with zero attached hydrogens (tertiary/aromatic N) is 3. The average molecular weight is 405 g/mol. The number of anilines is 2. The maximum Gasteiger partial charge on any atom is 0.366 e. The molecule has 3 rings (SSSR count). The number of aryl methyl sites for hydroxylation is 1. The van der Waals surface area contributed by atoms with Gasteiger partial charge in [0, 0.05) is 16.8 Å². The van der Waals surface area contributed by atoms with Crippen molar-refractivity contribution in [3.05, 3.63) is 51.0 Å². The number of hydrogen-bond acceptors (Lipinski definition) is 6. The number of aromatic nitrogens is 1. The van der Waals surface area contributed by atoms with Gasteiger partial charge in [0.1, 0.15) is 6.54 Å². The number of nitrogens with one attached hydrogen (secondary N) is 1. The lowest BCUT2D eigenvalue weighted by Gasteiger charge is -2.35. The first-order valence-corrected chi connectivity index (χ1v) is 8.69. The van der Waals surface area contributed by atoms with Gasteiger partial charge in [-0.25, -0.2) is 0 Å². The van der Waals surface area contributed by atoms with Crippen molar-refractivity contribution < 1.29 is 19.2 Å². The van der Waals surface area contributed by atoms with Crippen molar-refractivity contribution in [1.29, 1.82) is 0 Å². The minimum Gasteiger partial charge on any atom is -0.472 e. The molecular formula is C18H17ClN4O5. The molecule has 10 heteroatoms. The van der Waals surface area contributed by atoms with Crippen molar-refractivity contribution in [1.82, 2.24) is 4.98 Å². The van der Waals surface area contributed by atoms with E-state index in [1.165, 1.54) is 12.1 Å². The predicted molar refractivity (Wildman–Crippen MR) is 103 cm³/mol. The van der Waals surface area contributed by atoms with E-state index in [0.717, 1.165) is 10.5 Å². The van der Waals surface area contributed by atoms with Crippen LogP contribution in [0.25, 0.3) is 0 Å². The molecule has 2 aromatic rings. The summed E-state index contributed by atoms with van der Waals surface area (Å²) in [6.07, 6.45) is 0. The van der Waals surface area contributed by atoms with Gasteiger partial charge in [0.15, 0.2) is 11.4 Å². The molecule has 146 valence electrons. The number of rotatable bonds is 4. The zero-order valence-electron chi connectivity index (χ0n) is 15.4. The lowest BCUT2D eigenvalue weighted by molar-refractivity contribution is -0.389. The molecule has 1 aliphatic rings. The summed E-state index contributed by atoms with van der Waals surface area (Å²) < 4.78 is 5.60. The standard InChI is InChI=1S/C18H17ClN4O5/c1-10-4-5-11(8-12(10)19)20-15(24)9-22-16-13(28-18(2,3)17(22)25)6-7-14(21-16)23(26)27/h4-8H,9H2,1-3H3,(H,20,24). The van der Waals surface area contributed by atoms with Crippen molar-refractivity contribution in [3.8, 4) is 5.75 Å². The van der Waals surface area contributed by atoms with Gasteiger partial charge in [-0.3, -0.25) is 14.5 Å². The summed E-state index contributed by atoms with van der Waals surface area (Å²) in [6, 6.07) is 7.57. The molecule has 1 N–H and O–H groups in total. The highest BCUT2D eigenvalue weighted by molar-refractivity contribution is 6.31. The maximum absolute atomic E-state index is 12.8. The van der Waals surface area contributed by atoms with Crippen molar-refractivity contribution in [2.24, 2.45) is 0 Å². The number of benzene rings is 1. The lowest BCUT2D eigenvalue weighted by Crippen LogP contribution is -2.54. The van der Waals surface area contributed by atoms with Crippen LogP contribution in [0, 0.1) is 17.0 Å². The van der Waals surface area contributed by atoms with Gasteiger partial charge in [-0.15, -0.1) is 0 Å². The van der Waals surface area contributed by atoms with Gasteiger partial charge in [0.25, 0.3) is 11.7 Å². The van der Waals surface area contributed by atoms with E-state index in [4.69, 9.17) is 16.3 Å². The van der Waals surface area contributed by atoms with Gasteiger partial charge in [0.2, 0.25) is 5.91 Å². The van der Waals surface area contributed by atoms with Crippen molar-refractivity contribution in [3.63, 3.8) is 0 Å². The molecular weight excluding hydrogens is 388 g/mol.